The molecule has 4 rings (SSSR count). The number of hydrogen-bond donors (Lipinski definition) is 0. The number of amides is 1. The number of nitrogens with zero attached hydrogens (tertiary/aromatic N) is 3. The summed E-state index contributed by atoms with van der Waals surface area (Å²) in [6.07, 6.45) is 3.56. The van der Waals surface area contributed by atoms with Gasteiger partial charge in [0.1, 0.15) is 5.82 Å². The number of fused-ring (bicyclic) bond motifs is 1. The molecule has 4 nitrogen and oxygen atoms in total. The van der Waals surface area contributed by atoms with E-state index in [1.54, 1.807) is 18.5 Å². The maximum atomic E-state index is 14.1. The highest BCUT2D eigenvalue weighted by molar-refractivity contribution is 7.21. The first kappa shape index (κ1) is 16.0. The number of anilines is 1. The second-order valence-electron chi connectivity index (χ2n) is 6.15. The lowest BCUT2D eigenvalue weighted by molar-refractivity contribution is 0.0751. The molecule has 0 unspecified atom stereocenters. The molecule has 1 aliphatic rings. The number of halogens is 1. The molecule has 1 aromatic carbocycles. The van der Waals surface area contributed by atoms with Gasteiger partial charge in [0, 0.05) is 54.3 Å². The van der Waals surface area contributed by atoms with Crippen LogP contribution in [0.25, 0.3) is 10.1 Å². The largest absolute Gasteiger partial charge is 0.368 e. The predicted octanol–water partition coefficient (Wildman–Crippen LogP) is 3.71. The number of rotatable bonds is 2. The third-order valence-corrected chi connectivity index (χ3v) is 5.94. The molecule has 1 saturated heterocycles. The summed E-state index contributed by atoms with van der Waals surface area (Å²) in [5, 5.41) is 0.575. The van der Waals surface area contributed by atoms with Crippen LogP contribution in [0.2, 0.25) is 0 Å². The maximum absolute atomic E-state index is 14.1. The molecule has 0 spiro atoms. The van der Waals surface area contributed by atoms with Crippen LogP contribution in [-0.2, 0) is 0 Å². The van der Waals surface area contributed by atoms with Crippen molar-refractivity contribution in [2.75, 3.05) is 31.1 Å². The van der Waals surface area contributed by atoms with E-state index in [4.69, 9.17) is 0 Å². The summed E-state index contributed by atoms with van der Waals surface area (Å²) in [4.78, 5) is 21.7. The van der Waals surface area contributed by atoms with E-state index in [-0.39, 0.29) is 11.7 Å². The zero-order chi connectivity index (χ0) is 17.4. The summed E-state index contributed by atoms with van der Waals surface area (Å²) in [7, 11) is 0. The van der Waals surface area contributed by atoms with Crippen LogP contribution in [0.15, 0.2) is 42.7 Å². The molecule has 1 aliphatic heterocycles. The number of hydrogen-bond acceptors (Lipinski definition) is 4. The lowest BCUT2D eigenvalue weighted by atomic mass is 10.1. The van der Waals surface area contributed by atoms with E-state index in [0.717, 1.165) is 29.0 Å². The Bertz CT molecular complexity index is 917. The molecular weight excluding hydrogens is 337 g/mol. The van der Waals surface area contributed by atoms with Crippen LogP contribution in [0.4, 0.5) is 10.1 Å². The maximum Gasteiger partial charge on any atom is 0.264 e. The van der Waals surface area contributed by atoms with Gasteiger partial charge in [0.15, 0.2) is 0 Å². The number of carbonyl (C=O) groups is 1. The highest BCUT2D eigenvalue weighted by Gasteiger charge is 2.26. The lowest BCUT2D eigenvalue weighted by Gasteiger charge is -2.36. The second-order valence-corrected chi connectivity index (χ2v) is 7.21. The van der Waals surface area contributed by atoms with Crippen molar-refractivity contribution in [2.45, 2.75) is 6.92 Å². The Morgan fingerprint density at radius 3 is 2.52 bits per heavy atom. The quantitative estimate of drug-likeness (QED) is 0.703. The second kappa shape index (κ2) is 6.44. The highest BCUT2D eigenvalue weighted by Crippen LogP contribution is 2.33. The summed E-state index contributed by atoms with van der Waals surface area (Å²) < 4.78 is 14.9. The average molecular weight is 355 g/mol. The van der Waals surface area contributed by atoms with Crippen molar-refractivity contribution in [1.29, 1.82) is 0 Å². The summed E-state index contributed by atoms with van der Waals surface area (Å²) in [5.41, 5.74) is 1.88. The molecule has 25 heavy (non-hydrogen) atoms. The number of thiophene rings is 1. The summed E-state index contributed by atoms with van der Waals surface area (Å²) in [6.45, 7) is 4.74. The van der Waals surface area contributed by atoms with Crippen molar-refractivity contribution >= 4 is 33.0 Å². The summed E-state index contributed by atoms with van der Waals surface area (Å²) in [6, 6.07) is 8.97. The van der Waals surface area contributed by atoms with Gasteiger partial charge in [0.2, 0.25) is 0 Å². The van der Waals surface area contributed by atoms with Gasteiger partial charge in [-0.2, -0.15) is 0 Å². The van der Waals surface area contributed by atoms with Gasteiger partial charge in [-0.05, 0) is 36.8 Å². The van der Waals surface area contributed by atoms with Crippen molar-refractivity contribution in [1.82, 2.24) is 9.88 Å². The lowest BCUT2D eigenvalue weighted by Crippen LogP contribution is -2.48. The van der Waals surface area contributed by atoms with Crippen LogP contribution < -0.4 is 4.90 Å². The van der Waals surface area contributed by atoms with Gasteiger partial charge in [-0.1, -0.05) is 6.07 Å². The fraction of sp³-hybridized carbons (Fsp3) is 0.263. The number of aryl methyl sites for hydroxylation is 1. The van der Waals surface area contributed by atoms with Crippen molar-refractivity contribution in [2.24, 2.45) is 0 Å². The number of carbonyl (C=O) groups excluding carboxylic acids is 1. The van der Waals surface area contributed by atoms with Crippen molar-refractivity contribution in [3.05, 3.63) is 59.0 Å². The van der Waals surface area contributed by atoms with E-state index >= 15 is 0 Å². The Balaban J connectivity index is 1.53. The fourth-order valence-electron chi connectivity index (χ4n) is 3.32. The van der Waals surface area contributed by atoms with E-state index in [9.17, 15) is 9.18 Å². The van der Waals surface area contributed by atoms with Gasteiger partial charge in [-0.15, -0.1) is 11.3 Å². The zero-order valence-electron chi connectivity index (χ0n) is 13.9. The molecule has 0 saturated carbocycles. The van der Waals surface area contributed by atoms with Crippen molar-refractivity contribution in [3.8, 4) is 0 Å². The third-order valence-electron chi connectivity index (χ3n) is 4.69. The monoisotopic (exact) mass is 355 g/mol. The molecule has 0 N–H and O–H groups in total. The Kier molecular flexibility index (Phi) is 4.13. The zero-order valence-corrected chi connectivity index (χ0v) is 14.7. The standard InChI is InChI=1S/C19H18FN3OS/c1-13-17-15(20)3-2-4-16(17)25-18(13)19(24)23-11-9-22(10-12-23)14-5-7-21-8-6-14/h2-8H,9-12H2,1H3. The first-order chi connectivity index (χ1) is 12.1. The normalized spacial score (nSPS) is 15.0. The molecule has 0 bridgehead atoms. The Morgan fingerprint density at radius 2 is 1.84 bits per heavy atom. The molecule has 0 atom stereocenters. The highest BCUT2D eigenvalue weighted by atomic mass is 32.1. The van der Waals surface area contributed by atoms with Crippen LogP contribution in [0.5, 0.6) is 0 Å². The topological polar surface area (TPSA) is 36.4 Å². The van der Waals surface area contributed by atoms with Gasteiger partial charge in [-0.25, -0.2) is 4.39 Å². The van der Waals surface area contributed by atoms with Gasteiger partial charge < -0.3 is 9.80 Å². The molecule has 1 fully saturated rings. The van der Waals surface area contributed by atoms with Crippen LogP contribution in [0.1, 0.15) is 15.2 Å². The van der Waals surface area contributed by atoms with Gasteiger partial charge in [-0.3, -0.25) is 9.78 Å². The molecule has 0 radical (unpaired) electrons. The molecule has 6 heteroatoms. The van der Waals surface area contributed by atoms with Gasteiger partial charge >= 0.3 is 0 Å². The van der Waals surface area contributed by atoms with Crippen molar-refractivity contribution < 1.29 is 9.18 Å². The van der Waals surface area contributed by atoms with E-state index in [1.165, 1.54) is 17.4 Å². The molecular formula is C19H18FN3OS. The molecule has 1 amide bonds. The minimum atomic E-state index is -0.257. The first-order valence-corrected chi connectivity index (χ1v) is 9.08. The smallest absolute Gasteiger partial charge is 0.264 e. The average Bonchev–Trinajstić information content (AvgIpc) is 3.00. The number of aromatic nitrogens is 1. The van der Waals surface area contributed by atoms with Crippen LogP contribution in [-0.4, -0.2) is 42.0 Å². The number of piperazine rings is 1. The Labute approximate surface area is 149 Å². The SMILES string of the molecule is Cc1c(C(=O)N2CCN(c3ccncc3)CC2)sc2cccc(F)c12. The third kappa shape index (κ3) is 2.87. The summed E-state index contributed by atoms with van der Waals surface area (Å²) >= 11 is 1.38. The predicted molar refractivity (Wildman–Crippen MR) is 98.9 cm³/mol. The fourth-order valence-corrected chi connectivity index (χ4v) is 4.51. The minimum Gasteiger partial charge on any atom is -0.368 e. The number of pyridine rings is 1. The van der Waals surface area contributed by atoms with Gasteiger partial charge in [0.25, 0.3) is 5.91 Å². The first-order valence-electron chi connectivity index (χ1n) is 8.27. The minimum absolute atomic E-state index is 0.00692. The van der Waals surface area contributed by atoms with Crippen LogP contribution >= 0.6 is 11.3 Å². The molecule has 3 heterocycles. The van der Waals surface area contributed by atoms with E-state index in [1.807, 2.05) is 30.0 Å². The van der Waals surface area contributed by atoms with Gasteiger partial charge in [0.05, 0.1) is 4.88 Å². The number of benzene rings is 1. The van der Waals surface area contributed by atoms with E-state index in [2.05, 4.69) is 9.88 Å². The van der Waals surface area contributed by atoms with Crippen molar-refractivity contribution in [3.63, 3.8) is 0 Å². The Hall–Kier alpha value is -2.47. The molecule has 128 valence electrons. The van der Waals surface area contributed by atoms with E-state index in [0.29, 0.717) is 23.4 Å². The molecule has 2 aromatic heterocycles. The Morgan fingerprint density at radius 1 is 1.12 bits per heavy atom. The summed E-state index contributed by atoms with van der Waals surface area (Å²) in [5.74, 6) is -0.250. The van der Waals surface area contributed by atoms with E-state index < -0.39 is 0 Å². The molecule has 0 aliphatic carbocycles. The van der Waals surface area contributed by atoms with Crippen LogP contribution in [0.3, 0.4) is 0 Å². The molecule has 3 aromatic rings. The van der Waals surface area contributed by atoms with Crippen LogP contribution in [0, 0.1) is 12.7 Å².